The van der Waals surface area contributed by atoms with Crippen molar-refractivity contribution in [2.45, 2.75) is 34.6 Å². The Balaban J connectivity index is 0.000000989. The van der Waals surface area contributed by atoms with E-state index in [1.165, 1.54) is 12.8 Å². The van der Waals surface area contributed by atoms with Crippen LogP contribution >= 0.6 is 0 Å². The molecule has 1 amide bonds. The van der Waals surface area contributed by atoms with Crippen LogP contribution in [0.5, 0.6) is 5.88 Å². The van der Waals surface area contributed by atoms with Gasteiger partial charge in [0.25, 0.3) is 5.91 Å². The van der Waals surface area contributed by atoms with Crippen molar-refractivity contribution in [3.63, 3.8) is 0 Å². The lowest BCUT2D eigenvalue weighted by atomic mass is 10.1. The van der Waals surface area contributed by atoms with Crippen molar-refractivity contribution in [3.8, 4) is 5.88 Å². The van der Waals surface area contributed by atoms with E-state index < -0.39 is 0 Å². The molecule has 0 radical (unpaired) electrons. The predicted molar refractivity (Wildman–Crippen MR) is 122 cm³/mol. The number of rotatable bonds is 4. The van der Waals surface area contributed by atoms with E-state index in [0.29, 0.717) is 11.4 Å². The minimum Gasteiger partial charge on any atom is -0.480 e. The van der Waals surface area contributed by atoms with Gasteiger partial charge in [0.1, 0.15) is 5.56 Å². The lowest BCUT2D eigenvalue weighted by molar-refractivity contribution is 0.102. The Kier molecular flexibility index (Phi) is 10.8. The number of carbonyl (C=O) groups is 1. The molecule has 0 spiro atoms. The molecule has 3 rings (SSSR count). The van der Waals surface area contributed by atoms with Gasteiger partial charge >= 0.3 is 0 Å². The molecule has 2 aromatic rings. The van der Waals surface area contributed by atoms with Crippen LogP contribution in [0.4, 0.5) is 11.4 Å². The Morgan fingerprint density at radius 1 is 1.00 bits per heavy atom. The second-order valence-corrected chi connectivity index (χ2v) is 6.30. The Bertz CT molecular complexity index is 739. The van der Waals surface area contributed by atoms with Crippen LogP contribution in [0.1, 0.15) is 43.6 Å². The number of amides is 1. The van der Waals surface area contributed by atoms with E-state index in [9.17, 15) is 4.79 Å². The van der Waals surface area contributed by atoms with Gasteiger partial charge in [-0.1, -0.05) is 27.7 Å². The molecular weight excluding hydrogens is 364 g/mol. The number of methoxy groups -OCH3 is 1. The van der Waals surface area contributed by atoms with Crippen molar-refractivity contribution in [1.29, 1.82) is 0 Å². The van der Waals surface area contributed by atoms with Crippen LogP contribution < -0.4 is 15.0 Å². The van der Waals surface area contributed by atoms with Crippen LogP contribution in [0.3, 0.4) is 0 Å². The fraction of sp³-hybridized carbons (Fsp3) is 0.478. The van der Waals surface area contributed by atoms with Crippen LogP contribution in [-0.2, 0) is 0 Å². The molecule has 160 valence electrons. The number of likely N-dealkylation sites (N-methyl/N-ethyl adjacent to an activating group) is 1. The van der Waals surface area contributed by atoms with Gasteiger partial charge < -0.3 is 19.9 Å². The number of nitrogens with zero attached hydrogens (tertiary/aromatic N) is 3. The average Bonchev–Trinajstić information content (AvgIpc) is 2.77. The van der Waals surface area contributed by atoms with E-state index in [1.54, 1.807) is 12.3 Å². The Labute approximate surface area is 175 Å². The fourth-order valence-electron chi connectivity index (χ4n) is 2.98. The molecule has 0 aliphatic carbocycles. The maximum Gasteiger partial charge on any atom is 0.261 e. The lowest BCUT2D eigenvalue weighted by Crippen LogP contribution is -2.44. The molecule has 1 N–H and O–H groups in total. The molecule has 2 heterocycles. The van der Waals surface area contributed by atoms with Crippen molar-refractivity contribution >= 4 is 17.3 Å². The first-order valence-electron chi connectivity index (χ1n) is 10.4. The maximum atomic E-state index is 12.6. The van der Waals surface area contributed by atoms with Crippen molar-refractivity contribution in [2.75, 3.05) is 50.6 Å². The highest BCUT2D eigenvalue weighted by Gasteiger charge is 2.17. The topological polar surface area (TPSA) is 57.7 Å². The number of aryl methyl sites for hydroxylation is 1. The normalized spacial score (nSPS) is 13.4. The van der Waals surface area contributed by atoms with Gasteiger partial charge in [-0.25, -0.2) is 4.98 Å². The molecule has 0 atom stereocenters. The molecule has 1 aliphatic heterocycles. The van der Waals surface area contributed by atoms with E-state index in [2.05, 4.69) is 27.1 Å². The molecule has 1 aliphatic rings. The van der Waals surface area contributed by atoms with Gasteiger partial charge in [0, 0.05) is 43.8 Å². The number of benzene rings is 1. The van der Waals surface area contributed by atoms with Gasteiger partial charge in [0.15, 0.2) is 0 Å². The highest BCUT2D eigenvalue weighted by molar-refractivity contribution is 6.06. The largest absolute Gasteiger partial charge is 0.480 e. The summed E-state index contributed by atoms with van der Waals surface area (Å²) in [5, 5.41) is 2.93. The lowest BCUT2D eigenvalue weighted by Gasteiger charge is -2.34. The number of carbonyl (C=O) groups excluding carboxylic acids is 1. The number of aromatic nitrogens is 1. The third-order valence-corrected chi connectivity index (χ3v) is 4.54. The second kappa shape index (κ2) is 12.8. The third kappa shape index (κ3) is 6.75. The first-order chi connectivity index (χ1) is 14.1. The van der Waals surface area contributed by atoms with E-state index >= 15 is 0 Å². The van der Waals surface area contributed by atoms with E-state index in [1.807, 2.05) is 58.9 Å². The van der Waals surface area contributed by atoms with Crippen LogP contribution in [-0.4, -0.2) is 56.1 Å². The molecule has 1 aromatic carbocycles. The fourth-order valence-corrected chi connectivity index (χ4v) is 2.98. The molecule has 29 heavy (non-hydrogen) atoms. The summed E-state index contributed by atoms with van der Waals surface area (Å²) in [4.78, 5) is 21.4. The highest BCUT2D eigenvalue weighted by Crippen LogP contribution is 2.22. The van der Waals surface area contributed by atoms with Gasteiger partial charge in [0.05, 0.1) is 7.11 Å². The zero-order chi connectivity index (χ0) is 21.8. The summed E-state index contributed by atoms with van der Waals surface area (Å²) in [6.07, 6.45) is 1.63. The average molecular weight is 401 g/mol. The molecule has 0 saturated carbocycles. The van der Waals surface area contributed by atoms with Crippen LogP contribution in [0.2, 0.25) is 0 Å². The van der Waals surface area contributed by atoms with Crippen LogP contribution in [0, 0.1) is 6.92 Å². The minimum atomic E-state index is -0.213. The maximum absolute atomic E-state index is 12.6. The number of hydrogen-bond donors (Lipinski definition) is 1. The number of hydrogen-bond acceptors (Lipinski definition) is 5. The smallest absolute Gasteiger partial charge is 0.261 e. The van der Waals surface area contributed by atoms with Crippen molar-refractivity contribution in [2.24, 2.45) is 0 Å². The number of anilines is 2. The van der Waals surface area contributed by atoms with Crippen molar-refractivity contribution in [1.82, 2.24) is 9.88 Å². The zero-order valence-electron chi connectivity index (χ0n) is 19.0. The zero-order valence-corrected chi connectivity index (χ0v) is 19.0. The van der Waals surface area contributed by atoms with Crippen LogP contribution in [0.15, 0.2) is 36.5 Å². The number of ether oxygens (including phenoxy) is 1. The summed E-state index contributed by atoms with van der Waals surface area (Å²) in [6, 6.07) is 9.77. The molecule has 0 bridgehead atoms. The first-order valence-corrected chi connectivity index (χ1v) is 10.4. The minimum absolute atomic E-state index is 0.213. The van der Waals surface area contributed by atoms with Crippen LogP contribution in [0.25, 0.3) is 0 Å². The van der Waals surface area contributed by atoms with Gasteiger partial charge in [-0.15, -0.1) is 0 Å². The number of nitrogens with one attached hydrogen (secondary N) is 1. The summed E-state index contributed by atoms with van der Waals surface area (Å²) in [5.41, 5.74) is 3.24. The molecule has 6 heteroatoms. The van der Waals surface area contributed by atoms with Crippen molar-refractivity contribution < 1.29 is 9.53 Å². The number of pyridine rings is 1. The molecular formula is C23H36N4O2. The molecule has 6 nitrogen and oxygen atoms in total. The molecule has 0 unspecified atom stereocenters. The highest BCUT2D eigenvalue weighted by atomic mass is 16.5. The Hall–Kier alpha value is -2.60. The molecule has 1 saturated heterocycles. The number of piperazine rings is 1. The van der Waals surface area contributed by atoms with E-state index in [-0.39, 0.29) is 5.91 Å². The Morgan fingerprint density at radius 2 is 1.59 bits per heavy atom. The van der Waals surface area contributed by atoms with E-state index in [4.69, 9.17) is 4.74 Å². The van der Waals surface area contributed by atoms with E-state index in [0.717, 1.165) is 37.4 Å². The van der Waals surface area contributed by atoms with Gasteiger partial charge in [-0.05, 0) is 49.9 Å². The van der Waals surface area contributed by atoms with Crippen molar-refractivity contribution in [3.05, 3.63) is 47.7 Å². The second-order valence-electron chi connectivity index (χ2n) is 6.30. The predicted octanol–water partition coefficient (Wildman–Crippen LogP) is 4.46. The Morgan fingerprint density at radius 3 is 2.14 bits per heavy atom. The van der Waals surface area contributed by atoms with Gasteiger partial charge in [0.2, 0.25) is 5.88 Å². The molecule has 1 aromatic heterocycles. The summed E-state index contributed by atoms with van der Waals surface area (Å²) in [7, 11) is 3.66. The third-order valence-electron chi connectivity index (χ3n) is 4.54. The summed E-state index contributed by atoms with van der Waals surface area (Å²) < 4.78 is 5.21. The summed E-state index contributed by atoms with van der Waals surface area (Å²) in [5.74, 6) is 0.126. The van der Waals surface area contributed by atoms with Gasteiger partial charge in [-0.3, -0.25) is 4.79 Å². The monoisotopic (exact) mass is 400 g/mol. The SMILES string of the molecule is CC.CC.COc1nccc(C)c1C(=O)Nc1ccc(N2CCN(C)CC2)cc1. The molecule has 1 fully saturated rings. The first kappa shape index (κ1) is 24.4. The summed E-state index contributed by atoms with van der Waals surface area (Å²) in [6.45, 7) is 14.1. The standard InChI is InChI=1S/C19H24N4O2.2C2H6/c1-14-8-9-20-19(25-3)17(14)18(24)21-15-4-6-16(7-5-15)23-12-10-22(2)11-13-23;2*1-2/h4-9H,10-13H2,1-3H3,(H,21,24);2*1-2H3. The summed E-state index contributed by atoms with van der Waals surface area (Å²) >= 11 is 0. The van der Waals surface area contributed by atoms with Gasteiger partial charge in [-0.2, -0.15) is 0 Å². The quantitative estimate of drug-likeness (QED) is 0.821.